The molecule has 1 aromatic carbocycles. The van der Waals surface area contributed by atoms with E-state index in [0.717, 1.165) is 0 Å². The van der Waals surface area contributed by atoms with Crippen LogP contribution in [-0.4, -0.2) is 20.8 Å². The van der Waals surface area contributed by atoms with E-state index >= 15 is 0 Å². The number of ether oxygens (including phenoxy) is 3. The maximum atomic E-state index is 12.1. The van der Waals surface area contributed by atoms with Crippen LogP contribution in [0.25, 0.3) is 0 Å². The molecular formula is C11H10F2O3. The minimum Gasteiger partial charge on any atom is -0.493 e. The van der Waals surface area contributed by atoms with Crippen molar-refractivity contribution in [2.45, 2.75) is 0 Å². The summed E-state index contributed by atoms with van der Waals surface area (Å²) in [4.78, 5) is 0. The van der Waals surface area contributed by atoms with Crippen molar-refractivity contribution in [3.8, 4) is 29.6 Å². The van der Waals surface area contributed by atoms with E-state index < -0.39 is 13.7 Å². The molecule has 0 aromatic heterocycles. The van der Waals surface area contributed by atoms with Crippen LogP contribution in [0, 0.1) is 12.3 Å². The highest BCUT2D eigenvalue weighted by Crippen LogP contribution is 2.38. The van der Waals surface area contributed by atoms with Crippen LogP contribution in [0.3, 0.4) is 0 Å². The third kappa shape index (κ3) is 2.54. The Labute approximate surface area is 91.9 Å². The highest BCUT2D eigenvalue weighted by atomic mass is 19.1. The second-order valence-corrected chi connectivity index (χ2v) is 2.66. The van der Waals surface area contributed by atoms with Gasteiger partial charge in [0, 0.05) is 11.6 Å². The van der Waals surface area contributed by atoms with Crippen molar-refractivity contribution in [3.63, 3.8) is 0 Å². The van der Waals surface area contributed by atoms with Crippen LogP contribution in [0.2, 0.25) is 0 Å². The largest absolute Gasteiger partial charge is 0.493 e. The zero-order chi connectivity index (χ0) is 12.0. The molecule has 0 aliphatic rings. The summed E-state index contributed by atoms with van der Waals surface area (Å²) in [5.41, 5.74) is 0.423. The Balaban J connectivity index is 3.24. The van der Waals surface area contributed by atoms with E-state index in [0.29, 0.717) is 5.56 Å². The van der Waals surface area contributed by atoms with Crippen molar-refractivity contribution in [2.75, 3.05) is 20.8 Å². The number of terminal acetylenes is 1. The topological polar surface area (TPSA) is 27.7 Å². The monoisotopic (exact) mass is 228 g/mol. The number of rotatable bonds is 5. The van der Waals surface area contributed by atoms with Crippen LogP contribution in [0.1, 0.15) is 5.56 Å². The van der Waals surface area contributed by atoms with Gasteiger partial charge >= 0.3 is 0 Å². The lowest BCUT2D eigenvalue weighted by molar-refractivity contribution is 0.153. The molecule has 0 aliphatic heterocycles. The molecule has 86 valence electrons. The number of alkyl halides is 2. The van der Waals surface area contributed by atoms with Crippen LogP contribution in [0.15, 0.2) is 12.1 Å². The van der Waals surface area contributed by atoms with Gasteiger partial charge in [0.2, 0.25) is 19.5 Å². The Bertz CT molecular complexity index is 399. The minimum atomic E-state index is -1.07. The van der Waals surface area contributed by atoms with E-state index in [4.69, 9.17) is 11.2 Å². The van der Waals surface area contributed by atoms with Gasteiger partial charge in [0.1, 0.15) is 0 Å². The second kappa shape index (κ2) is 5.81. The van der Waals surface area contributed by atoms with Crippen molar-refractivity contribution >= 4 is 0 Å². The molecule has 0 saturated heterocycles. The predicted octanol–water partition coefficient (Wildman–Crippen LogP) is 2.29. The Kier molecular flexibility index (Phi) is 4.40. The summed E-state index contributed by atoms with van der Waals surface area (Å²) in [6.07, 6.45) is 5.19. The normalized spacial score (nSPS) is 9.38. The molecule has 0 fully saturated rings. The van der Waals surface area contributed by atoms with Crippen LogP contribution in [0.4, 0.5) is 8.78 Å². The molecule has 1 rings (SSSR count). The second-order valence-electron chi connectivity index (χ2n) is 2.66. The Hall–Kier alpha value is -1.96. The zero-order valence-electron chi connectivity index (χ0n) is 8.63. The van der Waals surface area contributed by atoms with Crippen molar-refractivity contribution in [3.05, 3.63) is 17.7 Å². The molecule has 16 heavy (non-hydrogen) atoms. The molecule has 0 unspecified atom stereocenters. The summed E-state index contributed by atoms with van der Waals surface area (Å²) in [5.74, 6) is 2.52. The van der Waals surface area contributed by atoms with Gasteiger partial charge in [-0.05, 0) is 6.07 Å². The van der Waals surface area contributed by atoms with Crippen molar-refractivity contribution in [1.29, 1.82) is 0 Å². The summed E-state index contributed by atoms with van der Waals surface area (Å²) in [5, 5.41) is 0. The van der Waals surface area contributed by atoms with Gasteiger partial charge in [-0.1, -0.05) is 5.92 Å². The number of methoxy groups -OCH3 is 1. The highest BCUT2D eigenvalue weighted by Gasteiger charge is 2.14. The molecule has 1 aromatic rings. The van der Waals surface area contributed by atoms with Gasteiger partial charge in [0.15, 0.2) is 11.5 Å². The van der Waals surface area contributed by atoms with E-state index in [1.807, 2.05) is 0 Å². The lowest BCUT2D eigenvalue weighted by atomic mass is 10.2. The van der Waals surface area contributed by atoms with Gasteiger partial charge in [-0.15, -0.1) is 6.42 Å². The van der Waals surface area contributed by atoms with Crippen LogP contribution in [-0.2, 0) is 0 Å². The van der Waals surface area contributed by atoms with Crippen molar-refractivity contribution in [1.82, 2.24) is 0 Å². The molecule has 5 heteroatoms. The molecule has 0 heterocycles. The van der Waals surface area contributed by atoms with Crippen LogP contribution < -0.4 is 14.2 Å². The standard InChI is InChI=1S/C11H10F2O3/c1-3-8-4-9(14-2)11(16-7-13)10(5-8)15-6-12/h1,4-5H,6-7H2,2H3. The smallest absolute Gasteiger partial charge is 0.229 e. The minimum absolute atomic E-state index is 0.00690. The fraction of sp³-hybridized carbons (Fsp3) is 0.273. The van der Waals surface area contributed by atoms with Gasteiger partial charge in [-0.3, -0.25) is 0 Å². The summed E-state index contributed by atoms with van der Waals surface area (Å²) in [6, 6.07) is 2.84. The number of benzene rings is 1. The number of hydrogen-bond acceptors (Lipinski definition) is 3. The molecule has 3 nitrogen and oxygen atoms in total. The molecule has 0 radical (unpaired) electrons. The maximum Gasteiger partial charge on any atom is 0.229 e. The fourth-order valence-corrected chi connectivity index (χ4v) is 1.17. The van der Waals surface area contributed by atoms with Gasteiger partial charge in [-0.2, -0.15) is 0 Å². The van der Waals surface area contributed by atoms with E-state index in [2.05, 4.69) is 15.4 Å². The van der Waals surface area contributed by atoms with E-state index in [9.17, 15) is 8.78 Å². The van der Waals surface area contributed by atoms with Gasteiger partial charge in [0.05, 0.1) is 7.11 Å². The first-order chi connectivity index (χ1) is 7.76. The molecule has 0 aliphatic carbocycles. The van der Waals surface area contributed by atoms with Crippen LogP contribution in [0.5, 0.6) is 17.2 Å². The fourth-order valence-electron chi connectivity index (χ4n) is 1.17. The van der Waals surface area contributed by atoms with Gasteiger partial charge in [0.25, 0.3) is 0 Å². The van der Waals surface area contributed by atoms with E-state index in [-0.39, 0.29) is 17.2 Å². The van der Waals surface area contributed by atoms with E-state index in [1.54, 1.807) is 0 Å². The van der Waals surface area contributed by atoms with E-state index in [1.165, 1.54) is 19.2 Å². The van der Waals surface area contributed by atoms with Crippen molar-refractivity contribution in [2.24, 2.45) is 0 Å². The molecule has 0 atom stereocenters. The Morgan fingerprint density at radius 2 is 1.81 bits per heavy atom. The first kappa shape index (κ1) is 12.1. The average Bonchev–Trinajstić information content (AvgIpc) is 2.31. The Morgan fingerprint density at radius 3 is 2.31 bits per heavy atom. The quantitative estimate of drug-likeness (QED) is 0.723. The summed E-state index contributed by atoms with van der Waals surface area (Å²) in [6.45, 7) is -2.14. The first-order valence-corrected chi connectivity index (χ1v) is 4.33. The summed E-state index contributed by atoms with van der Waals surface area (Å²) < 4.78 is 38.5. The SMILES string of the molecule is C#Cc1cc(OC)c(OCF)c(OCF)c1. The summed E-state index contributed by atoms with van der Waals surface area (Å²) >= 11 is 0. The first-order valence-electron chi connectivity index (χ1n) is 4.33. The number of hydrogen-bond donors (Lipinski definition) is 0. The molecule has 0 saturated carbocycles. The van der Waals surface area contributed by atoms with Crippen molar-refractivity contribution < 1.29 is 23.0 Å². The number of halogens is 2. The van der Waals surface area contributed by atoms with Gasteiger partial charge in [-0.25, -0.2) is 8.78 Å². The van der Waals surface area contributed by atoms with Crippen LogP contribution >= 0.6 is 0 Å². The molecule has 0 N–H and O–H groups in total. The lowest BCUT2D eigenvalue weighted by Gasteiger charge is -2.13. The Morgan fingerprint density at radius 1 is 1.19 bits per heavy atom. The maximum absolute atomic E-state index is 12.1. The molecule has 0 bridgehead atoms. The third-order valence-electron chi connectivity index (χ3n) is 1.82. The predicted molar refractivity (Wildman–Crippen MR) is 54.1 cm³/mol. The molecule has 0 amide bonds. The average molecular weight is 228 g/mol. The highest BCUT2D eigenvalue weighted by molar-refractivity contribution is 5.56. The summed E-state index contributed by atoms with van der Waals surface area (Å²) in [7, 11) is 1.36. The molecular weight excluding hydrogens is 218 g/mol. The van der Waals surface area contributed by atoms with Gasteiger partial charge < -0.3 is 14.2 Å². The molecule has 0 spiro atoms. The lowest BCUT2D eigenvalue weighted by Crippen LogP contribution is -2.00. The third-order valence-corrected chi connectivity index (χ3v) is 1.82. The zero-order valence-corrected chi connectivity index (χ0v) is 8.63.